The second kappa shape index (κ2) is 9.44. The molecule has 0 saturated heterocycles. The molecule has 0 spiro atoms. The molecule has 0 radical (unpaired) electrons. The maximum atomic E-state index is 12.4. The minimum atomic E-state index is -0.559. The number of hydrogen-bond acceptors (Lipinski definition) is 5. The van der Waals surface area contributed by atoms with Gasteiger partial charge in [0, 0.05) is 10.2 Å². The number of aromatic hydroxyl groups is 1. The van der Waals surface area contributed by atoms with Crippen molar-refractivity contribution >= 4 is 49.5 Å². The van der Waals surface area contributed by atoms with E-state index in [1.54, 1.807) is 24.3 Å². The quantitative estimate of drug-likeness (QED) is 0.440. The van der Waals surface area contributed by atoms with Crippen LogP contribution in [0.5, 0.6) is 17.2 Å². The molecule has 140 valence electrons. The number of phenolic OH excluding ortho intramolecular Hbond substituents is 1. The van der Waals surface area contributed by atoms with E-state index in [0.29, 0.717) is 32.6 Å². The lowest BCUT2D eigenvalue weighted by Crippen LogP contribution is -2.13. The number of nitrogens with zero attached hydrogens (tertiary/aromatic N) is 1. The van der Waals surface area contributed by atoms with Gasteiger partial charge in [0.2, 0.25) is 0 Å². The molecule has 0 fully saturated rings. The molecule has 2 aromatic rings. The second-order valence-corrected chi connectivity index (χ2v) is 6.81. The first-order valence-corrected chi connectivity index (χ1v) is 9.40. The van der Waals surface area contributed by atoms with Gasteiger partial charge in [-0.2, -0.15) is 5.26 Å². The summed E-state index contributed by atoms with van der Waals surface area (Å²) in [6, 6.07) is 10.2. The Morgan fingerprint density at radius 2 is 1.96 bits per heavy atom. The molecular weight excluding hydrogens is 480 g/mol. The van der Waals surface area contributed by atoms with Crippen molar-refractivity contribution in [3.8, 4) is 23.3 Å². The van der Waals surface area contributed by atoms with E-state index < -0.39 is 5.91 Å². The first kappa shape index (κ1) is 20.8. The topological polar surface area (TPSA) is 91.6 Å². The fourth-order valence-corrected chi connectivity index (χ4v) is 3.02. The van der Waals surface area contributed by atoms with E-state index in [9.17, 15) is 15.2 Å². The molecule has 2 aromatic carbocycles. The van der Waals surface area contributed by atoms with Gasteiger partial charge < -0.3 is 19.9 Å². The van der Waals surface area contributed by atoms with Crippen LogP contribution in [0, 0.1) is 11.3 Å². The molecule has 1 amide bonds. The number of anilines is 1. The second-order valence-electron chi connectivity index (χ2n) is 5.23. The van der Waals surface area contributed by atoms with Crippen molar-refractivity contribution in [2.45, 2.75) is 6.92 Å². The zero-order valence-corrected chi connectivity index (χ0v) is 17.7. The van der Waals surface area contributed by atoms with Crippen LogP contribution in [-0.4, -0.2) is 24.7 Å². The molecule has 8 heteroatoms. The summed E-state index contributed by atoms with van der Waals surface area (Å²) in [6.07, 6.45) is 1.40. The minimum absolute atomic E-state index is 0.0844. The highest BCUT2D eigenvalue weighted by Gasteiger charge is 2.16. The Hall–Kier alpha value is -2.50. The van der Waals surface area contributed by atoms with E-state index in [2.05, 4.69) is 37.2 Å². The third-order valence-corrected chi connectivity index (χ3v) is 5.64. The van der Waals surface area contributed by atoms with Crippen molar-refractivity contribution in [3.05, 3.63) is 50.4 Å². The van der Waals surface area contributed by atoms with Gasteiger partial charge in [0.1, 0.15) is 17.4 Å². The molecule has 0 aliphatic rings. The number of amides is 1. The van der Waals surface area contributed by atoms with Gasteiger partial charge in [-0.1, -0.05) is 0 Å². The van der Waals surface area contributed by atoms with E-state index >= 15 is 0 Å². The summed E-state index contributed by atoms with van der Waals surface area (Å²) in [4.78, 5) is 12.4. The predicted molar refractivity (Wildman–Crippen MR) is 110 cm³/mol. The van der Waals surface area contributed by atoms with Gasteiger partial charge in [-0.05, 0) is 80.8 Å². The highest BCUT2D eigenvalue weighted by atomic mass is 79.9. The zero-order valence-electron chi connectivity index (χ0n) is 14.5. The highest BCUT2D eigenvalue weighted by Crippen LogP contribution is 2.42. The Kier molecular flexibility index (Phi) is 7.28. The van der Waals surface area contributed by atoms with Crippen LogP contribution in [0.4, 0.5) is 5.69 Å². The Labute approximate surface area is 173 Å². The number of rotatable bonds is 6. The Morgan fingerprint density at radius 3 is 2.52 bits per heavy atom. The molecule has 0 unspecified atom stereocenters. The summed E-state index contributed by atoms with van der Waals surface area (Å²) < 4.78 is 11.3. The summed E-state index contributed by atoms with van der Waals surface area (Å²) >= 11 is 6.57. The van der Waals surface area contributed by atoms with Crippen molar-refractivity contribution < 1.29 is 19.4 Å². The van der Waals surface area contributed by atoms with E-state index in [4.69, 9.17) is 9.47 Å². The first-order chi connectivity index (χ1) is 12.9. The van der Waals surface area contributed by atoms with Gasteiger partial charge in [-0.15, -0.1) is 0 Å². The number of ether oxygens (including phenoxy) is 2. The average Bonchev–Trinajstić information content (AvgIpc) is 2.67. The molecule has 2 rings (SSSR count). The molecule has 0 aliphatic carbocycles. The van der Waals surface area contributed by atoms with E-state index in [0.717, 1.165) is 0 Å². The molecule has 27 heavy (non-hydrogen) atoms. The van der Waals surface area contributed by atoms with Crippen LogP contribution in [0.2, 0.25) is 0 Å². The third kappa shape index (κ3) is 5.02. The number of hydrogen-bond donors (Lipinski definition) is 2. The van der Waals surface area contributed by atoms with Gasteiger partial charge in [0.05, 0.1) is 18.2 Å². The van der Waals surface area contributed by atoms with Crippen molar-refractivity contribution in [3.63, 3.8) is 0 Å². The molecular formula is C19H16Br2N2O4. The number of carbonyl (C=O) groups excluding carboxylic acids is 1. The van der Waals surface area contributed by atoms with Crippen LogP contribution >= 0.6 is 31.9 Å². The third-order valence-electron chi connectivity index (χ3n) is 3.48. The van der Waals surface area contributed by atoms with Crippen LogP contribution in [0.1, 0.15) is 12.5 Å². The molecule has 0 atom stereocenters. The van der Waals surface area contributed by atoms with E-state index in [1.807, 2.05) is 13.0 Å². The lowest BCUT2D eigenvalue weighted by Gasteiger charge is -2.10. The number of carbonyl (C=O) groups is 1. The number of phenols is 1. The van der Waals surface area contributed by atoms with E-state index in [-0.39, 0.29) is 17.1 Å². The maximum absolute atomic E-state index is 12.4. The molecule has 2 N–H and O–H groups in total. The number of benzene rings is 2. The molecule has 0 heterocycles. The SMILES string of the molecule is CCOc1ccc(NC(=O)/C(C#N)=C\c2cc(OC)c(O)c(Br)c2Br)cc1. The van der Waals surface area contributed by atoms with Gasteiger partial charge in [0.25, 0.3) is 5.91 Å². The Bertz CT molecular complexity index is 919. The monoisotopic (exact) mass is 494 g/mol. The zero-order chi connectivity index (χ0) is 20.0. The van der Waals surface area contributed by atoms with Gasteiger partial charge >= 0.3 is 0 Å². The number of methoxy groups -OCH3 is 1. The Balaban J connectivity index is 2.29. The number of nitriles is 1. The summed E-state index contributed by atoms with van der Waals surface area (Å²) in [5.41, 5.74) is 0.923. The molecule has 0 aliphatic heterocycles. The van der Waals surface area contributed by atoms with Crippen molar-refractivity contribution in [2.75, 3.05) is 19.0 Å². The standard InChI is InChI=1S/C19H16Br2N2O4/c1-3-27-14-6-4-13(5-7-14)23-19(25)12(10-22)8-11-9-15(26-2)18(24)17(21)16(11)20/h4-9,24H,3H2,1-2H3,(H,23,25)/b12-8-. The highest BCUT2D eigenvalue weighted by molar-refractivity contribution is 9.13. The predicted octanol–water partition coefficient (Wildman–Crippen LogP) is 4.87. The lowest BCUT2D eigenvalue weighted by atomic mass is 10.1. The van der Waals surface area contributed by atoms with Crippen molar-refractivity contribution in [1.29, 1.82) is 5.26 Å². The number of nitrogens with one attached hydrogen (secondary N) is 1. The summed E-state index contributed by atoms with van der Waals surface area (Å²) in [7, 11) is 1.41. The van der Waals surface area contributed by atoms with Crippen LogP contribution < -0.4 is 14.8 Å². The fourth-order valence-electron chi connectivity index (χ4n) is 2.18. The summed E-state index contributed by atoms with van der Waals surface area (Å²) in [5, 5.41) is 22.0. The lowest BCUT2D eigenvalue weighted by molar-refractivity contribution is -0.112. The molecule has 0 bridgehead atoms. The smallest absolute Gasteiger partial charge is 0.266 e. The Morgan fingerprint density at radius 1 is 1.30 bits per heavy atom. The van der Waals surface area contributed by atoms with Crippen LogP contribution in [0.25, 0.3) is 6.08 Å². The van der Waals surface area contributed by atoms with E-state index in [1.165, 1.54) is 19.3 Å². The van der Waals surface area contributed by atoms with Gasteiger partial charge in [-0.25, -0.2) is 0 Å². The molecule has 0 saturated carbocycles. The largest absolute Gasteiger partial charge is 0.503 e. The van der Waals surface area contributed by atoms with Crippen LogP contribution in [-0.2, 0) is 4.79 Å². The minimum Gasteiger partial charge on any atom is -0.503 e. The average molecular weight is 496 g/mol. The maximum Gasteiger partial charge on any atom is 0.266 e. The fraction of sp³-hybridized carbons (Fsp3) is 0.158. The van der Waals surface area contributed by atoms with Gasteiger partial charge in [-0.3, -0.25) is 4.79 Å². The normalized spacial score (nSPS) is 10.9. The molecule has 6 nitrogen and oxygen atoms in total. The number of halogens is 2. The summed E-state index contributed by atoms with van der Waals surface area (Å²) in [5.74, 6) is 0.257. The van der Waals surface area contributed by atoms with Gasteiger partial charge in [0.15, 0.2) is 11.5 Å². The van der Waals surface area contributed by atoms with Crippen LogP contribution in [0.15, 0.2) is 44.9 Å². The first-order valence-electron chi connectivity index (χ1n) is 7.82. The van der Waals surface area contributed by atoms with Crippen LogP contribution in [0.3, 0.4) is 0 Å². The van der Waals surface area contributed by atoms with Crippen molar-refractivity contribution in [2.24, 2.45) is 0 Å². The van der Waals surface area contributed by atoms with Crippen molar-refractivity contribution in [1.82, 2.24) is 0 Å². The molecule has 0 aromatic heterocycles. The summed E-state index contributed by atoms with van der Waals surface area (Å²) in [6.45, 7) is 2.43.